The Morgan fingerprint density at radius 1 is 1.29 bits per heavy atom. The van der Waals surface area contributed by atoms with Crippen molar-refractivity contribution in [3.05, 3.63) is 35.9 Å². The van der Waals surface area contributed by atoms with Crippen LogP contribution in [0.25, 0.3) is 0 Å². The fraction of sp³-hybridized carbons (Fsp3) is 0.500. The second kappa shape index (κ2) is 4.15. The Hall–Kier alpha value is -1.35. The van der Waals surface area contributed by atoms with E-state index >= 15 is 0 Å². The Morgan fingerprint density at radius 3 is 2.76 bits per heavy atom. The fourth-order valence-corrected chi connectivity index (χ4v) is 3.03. The molecule has 1 amide bonds. The van der Waals surface area contributed by atoms with Gasteiger partial charge in [-0.2, -0.15) is 0 Å². The monoisotopic (exact) mass is 230 g/mol. The first-order chi connectivity index (χ1) is 8.25. The second-order valence-electron chi connectivity index (χ2n) is 5.15. The van der Waals surface area contributed by atoms with Crippen LogP contribution in [0.15, 0.2) is 30.3 Å². The van der Waals surface area contributed by atoms with Gasteiger partial charge in [0.2, 0.25) is 5.91 Å². The summed E-state index contributed by atoms with van der Waals surface area (Å²) in [6.45, 7) is 5.04. The quantitative estimate of drug-likeness (QED) is 0.833. The summed E-state index contributed by atoms with van der Waals surface area (Å²) in [5, 5.41) is 2.96. The average Bonchev–Trinajstić information content (AvgIpc) is 2.92. The van der Waals surface area contributed by atoms with Crippen molar-refractivity contribution in [2.45, 2.75) is 13.0 Å². The van der Waals surface area contributed by atoms with Crippen LogP contribution < -0.4 is 5.32 Å². The van der Waals surface area contributed by atoms with E-state index in [2.05, 4.69) is 41.4 Å². The zero-order valence-electron chi connectivity index (χ0n) is 10.1. The predicted molar refractivity (Wildman–Crippen MR) is 66.4 cm³/mol. The van der Waals surface area contributed by atoms with Crippen LogP contribution in [0.1, 0.15) is 18.5 Å². The van der Waals surface area contributed by atoms with Crippen LogP contribution >= 0.6 is 0 Å². The summed E-state index contributed by atoms with van der Waals surface area (Å²) in [4.78, 5) is 14.1. The highest BCUT2D eigenvalue weighted by Crippen LogP contribution is 2.33. The van der Waals surface area contributed by atoms with Gasteiger partial charge in [-0.1, -0.05) is 30.3 Å². The van der Waals surface area contributed by atoms with Gasteiger partial charge in [-0.15, -0.1) is 0 Å². The van der Waals surface area contributed by atoms with E-state index in [9.17, 15) is 4.79 Å². The number of likely N-dealkylation sites (tertiary alicyclic amines) is 1. The average molecular weight is 230 g/mol. The summed E-state index contributed by atoms with van der Waals surface area (Å²) in [6.07, 6.45) is 0. The zero-order chi connectivity index (χ0) is 11.8. The molecule has 0 bridgehead atoms. The molecule has 2 fully saturated rings. The van der Waals surface area contributed by atoms with E-state index in [1.54, 1.807) is 0 Å². The Morgan fingerprint density at radius 2 is 2.06 bits per heavy atom. The summed E-state index contributed by atoms with van der Waals surface area (Å²) >= 11 is 0. The van der Waals surface area contributed by atoms with Gasteiger partial charge in [-0.25, -0.2) is 0 Å². The third-order valence-corrected chi connectivity index (χ3v) is 4.17. The molecule has 3 rings (SSSR count). The highest BCUT2D eigenvalue weighted by atomic mass is 16.2. The van der Waals surface area contributed by atoms with Crippen LogP contribution in [0.5, 0.6) is 0 Å². The van der Waals surface area contributed by atoms with Crippen molar-refractivity contribution in [1.82, 2.24) is 10.2 Å². The predicted octanol–water partition coefficient (Wildman–Crippen LogP) is 1.43. The smallest absolute Gasteiger partial charge is 0.224 e. The van der Waals surface area contributed by atoms with Crippen LogP contribution in [0.3, 0.4) is 0 Å². The first-order valence-corrected chi connectivity index (χ1v) is 6.32. The first kappa shape index (κ1) is 10.8. The minimum absolute atomic E-state index is 0.223. The van der Waals surface area contributed by atoms with Crippen molar-refractivity contribution >= 4 is 5.91 Å². The van der Waals surface area contributed by atoms with Crippen LogP contribution in [0.4, 0.5) is 0 Å². The maximum Gasteiger partial charge on any atom is 0.224 e. The van der Waals surface area contributed by atoms with E-state index in [0.717, 1.165) is 19.6 Å². The van der Waals surface area contributed by atoms with E-state index < -0.39 is 0 Å². The maximum absolute atomic E-state index is 11.6. The van der Waals surface area contributed by atoms with E-state index in [4.69, 9.17) is 0 Å². The molecule has 1 aromatic rings. The molecule has 0 spiro atoms. The molecule has 17 heavy (non-hydrogen) atoms. The highest BCUT2D eigenvalue weighted by Gasteiger charge is 2.43. The van der Waals surface area contributed by atoms with Crippen LogP contribution in [-0.4, -0.2) is 30.4 Å². The second-order valence-corrected chi connectivity index (χ2v) is 5.15. The summed E-state index contributed by atoms with van der Waals surface area (Å²) in [5.74, 6) is 0.993. The topological polar surface area (TPSA) is 32.3 Å². The van der Waals surface area contributed by atoms with Crippen LogP contribution in [0, 0.1) is 11.8 Å². The summed E-state index contributed by atoms with van der Waals surface area (Å²) in [6, 6.07) is 10.9. The molecule has 90 valence electrons. The SMILES string of the molecule is C[C@H](c1ccccc1)N1C[C@H]2CNC(=O)[C@H]2C1. The van der Waals surface area contributed by atoms with E-state index in [1.165, 1.54) is 5.56 Å². The van der Waals surface area contributed by atoms with Gasteiger partial charge >= 0.3 is 0 Å². The number of hydrogen-bond donors (Lipinski definition) is 1. The third-order valence-electron chi connectivity index (χ3n) is 4.17. The molecule has 0 aliphatic carbocycles. The fourth-order valence-electron chi connectivity index (χ4n) is 3.03. The van der Waals surface area contributed by atoms with Gasteiger partial charge in [0.25, 0.3) is 0 Å². The molecule has 3 atom stereocenters. The van der Waals surface area contributed by atoms with Gasteiger partial charge in [-0.05, 0) is 12.5 Å². The van der Waals surface area contributed by atoms with Gasteiger partial charge in [0.1, 0.15) is 0 Å². The normalized spacial score (nSPS) is 30.1. The van der Waals surface area contributed by atoms with Gasteiger partial charge in [0, 0.05) is 31.6 Å². The zero-order valence-corrected chi connectivity index (χ0v) is 10.1. The minimum atomic E-state index is 0.223. The Balaban J connectivity index is 1.73. The van der Waals surface area contributed by atoms with Crippen LogP contribution in [-0.2, 0) is 4.79 Å². The highest BCUT2D eigenvalue weighted by molar-refractivity contribution is 5.81. The molecule has 0 unspecified atom stereocenters. The number of rotatable bonds is 2. The van der Waals surface area contributed by atoms with Gasteiger partial charge < -0.3 is 5.32 Å². The number of carbonyl (C=O) groups is 1. The van der Waals surface area contributed by atoms with Gasteiger partial charge in [-0.3, -0.25) is 9.69 Å². The van der Waals surface area contributed by atoms with Crippen molar-refractivity contribution < 1.29 is 4.79 Å². The standard InChI is InChI=1S/C14H18N2O/c1-10(11-5-3-2-4-6-11)16-8-12-7-15-14(17)13(12)9-16/h2-6,10,12-13H,7-9H2,1H3,(H,15,17)/t10-,12-,13+/m1/s1. The van der Waals surface area contributed by atoms with Gasteiger partial charge in [0.15, 0.2) is 0 Å². The Labute approximate surface area is 102 Å². The van der Waals surface area contributed by atoms with Crippen molar-refractivity contribution in [3.8, 4) is 0 Å². The number of amides is 1. The molecule has 1 N–H and O–H groups in total. The molecule has 3 nitrogen and oxygen atoms in total. The van der Waals surface area contributed by atoms with Crippen molar-refractivity contribution in [2.75, 3.05) is 19.6 Å². The van der Waals surface area contributed by atoms with Crippen molar-refractivity contribution in [3.63, 3.8) is 0 Å². The molecule has 2 saturated heterocycles. The largest absolute Gasteiger partial charge is 0.355 e. The van der Waals surface area contributed by atoms with E-state index in [-0.39, 0.29) is 11.8 Å². The van der Waals surface area contributed by atoms with E-state index in [0.29, 0.717) is 12.0 Å². The van der Waals surface area contributed by atoms with E-state index in [1.807, 2.05) is 6.07 Å². The number of carbonyl (C=O) groups excluding carboxylic acids is 1. The number of nitrogens with zero attached hydrogens (tertiary/aromatic N) is 1. The third kappa shape index (κ3) is 1.84. The van der Waals surface area contributed by atoms with Gasteiger partial charge in [0.05, 0.1) is 5.92 Å². The molecule has 0 saturated carbocycles. The molecule has 0 aromatic heterocycles. The molecular weight excluding hydrogens is 212 g/mol. The molecule has 3 heteroatoms. The van der Waals surface area contributed by atoms with Crippen molar-refractivity contribution in [1.29, 1.82) is 0 Å². The number of benzene rings is 1. The summed E-state index contributed by atoms with van der Waals surface area (Å²) in [5.41, 5.74) is 1.34. The molecular formula is C14H18N2O. The summed E-state index contributed by atoms with van der Waals surface area (Å²) < 4.78 is 0. The first-order valence-electron chi connectivity index (χ1n) is 6.32. The maximum atomic E-state index is 11.6. The lowest BCUT2D eigenvalue weighted by Crippen LogP contribution is -2.30. The lowest BCUT2D eigenvalue weighted by molar-refractivity contribution is -0.122. The molecule has 0 radical (unpaired) electrons. The Bertz CT molecular complexity index is 417. The molecule has 2 aliphatic heterocycles. The van der Waals surface area contributed by atoms with Crippen molar-refractivity contribution in [2.24, 2.45) is 11.8 Å². The minimum Gasteiger partial charge on any atom is -0.355 e. The molecule has 1 aromatic carbocycles. The summed E-state index contributed by atoms with van der Waals surface area (Å²) in [7, 11) is 0. The van der Waals surface area contributed by atoms with Crippen LogP contribution in [0.2, 0.25) is 0 Å². The molecule has 2 aliphatic rings. The lowest BCUT2D eigenvalue weighted by atomic mass is 10.0. The number of fused-ring (bicyclic) bond motifs is 1. The number of hydrogen-bond acceptors (Lipinski definition) is 2. The number of nitrogens with one attached hydrogen (secondary N) is 1. The Kier molecular flexibility index (Phi) is 2.63. The lowest BCUT2D eigenvalue weighted by Gasteiger charge is -2.25. The molecule has 2 heterocycles.